The molecule has 3 aromatic heterocycles. The monoisotopic (exact) mass is 745 g/mol. The van der Waals surface area contributed by atoms with Crippen LogP contribution in [0.15, 0.2) is 97.2 Å². The van der Waals surface area contributed by atoms with Gasteiger partial charge in [0.05, 0.1) is 35.0 Å². The quantitative estimate of drug-likeness (QED) is 0.0972. The van der Waals surface area contributed by atoms with Crippen molar-refractivity contribution in [1.29, 1.82) is 0 Å². The number of fused-ring (bicyclic) bond motifs is 3. The van der Waals surface area contributed by atoms with E-state index in [9.17, 15) is 19.2 Å². The van der Waals surface area contributed by atoms with Crippen LogP contribution in [0.4, 0.5) is 14.4 Å². The van der Waals surface area contributed by atoms with Crippen LogP contribution < -0.4 is 0 Å². The SMILES string of the molecule is COC(=O)C=C[C@@H](c1cn(C(=O)OC(C)(C)C)c2ccccc12)c1cccc2c1cc(-c1cc3ccccc3n1C(=O)OC(C)(C)C)n2C(=O)OC(C)(C)C. The van der Waals surface area contributed by atoms with Crippen LogP contribution in [0.2, 0.25) is 0 Å². The molecule has 55 heavy (non-hydrogen) atoms. The predicted molar refractivity (Wildman–Crippen MR) is 213 cm³/mol. The highest BCUT2D eigenvalue weighted by Crippen LogP contribution is 2.41. The second kappa shape index (κ2) is 14.3. The summed E-state index contributed by atoms with van der Waals surface area (Å²) >= 11 is 0. The van der Waals surface area contributed by atoms with E-state index < -0.39 is 47.0 Å². The van der Waals surface area contributed by atoms with Crippen molar-refractivity contribution in [2.75, 3.05) is 7.11 Å². The molecule has 0 saturated heterocycles. The first-order valence-electron chi connectivity index (χ1n) is 18.1. The summed E-state index contributed by atoms with van der Waals surface area (Å²) in [7, 11) is 1.30. The van der Waals surface area contributed by atoms with Crippen molar-refractivity contribution < 1.29 is 38.1 Å². The van der Waals surface area contributed by atoms with E-state index in [1.807, 2.05) is 72.8 Å². The fraction of sp³-hybridized carbons (Fsp3) is 0.318. The van der Waals surface area contributed by atoms with Crippen LogP contribution in [0.5, 0.6) is 0 Å². The van der Waals surface area contributed by atoms with Crippen molar-refractivity contribution >= 4 is 57.0 Å². The number of carbonyl (C=O) groups excluding carboxylic acids is 4. The van der Waals surface area contributed by atoms with Gasteiger partial charge in [-0.3, -0.25) is 4.57 Å². The summed E-state index contributed by atoms with van der Waals surface area (Å²) in [4.78, 5) is 54.5. The third kappa shape index (κ3) is 8.06. The van der Waals surface area contributed by atoms with Crippen molar-refractivity contribution in [1.82, 2.24) is 13.7 Å². The number of rotatable bonds is 5. The summed E-state index contributed by atoms with van der Waals surface area (Å²) in [5.74, 6) is -1.21. The Balaban J connectivity index is 1.67. The minimum Gasteiger partial charge on any atom is -0.466 e. The zero-order chi connectivity index (χ0) is 40.0. The minimum atomic E-state index is -0.851. The van der Waals surface area contributed by atoms with Gasteiger partial charge in [-0.25, -0.2) is 28.3 Å². The first-order chi connectivity index (χ1) is 25.8. The number of aromatic nitrogens is 3. The second-order valence-corrected chi connectivity index (χ2v) is 16.3. The lowest BCUT2D eigenvalue weighted by Crippen LogP contribution is -2.29. The fourth-order valence-corrected chi connectivity index (χ4v) is 6.60. The van der Waals surface area contributed by atoms with Crippen molar-refractivity contribution in [3.05, 3.63) is 108 Å². The standard InChI is InChI=1S/C44H47N3O8/c1-42(2,3)53-39(49)45-26-32(30-17-12-14-20-34(30)45)29(22-23-38(48)52-10)28-18-15-21-35-31(28)25-37(47(35)41(51)55-44(7,8)9)36-24-27-16-11-13-19-33(27)46(36)40(50)54-43(4,5)6/h11-26,29H,1-10H3/t29-/m1/s1. The van der Waals surface area contributed by atoms with Crippen LogP contribution in [-0.4, -0.2) is 61.9 Å². The Kier molecular flexibility index (Phi) is 10.0. The van der Waals surface area contributed by atoms with Crippen molar-refractivity contribution in [3.8, 4) is 11.4 Å². The van der Waals surface area contributed by atoms with Crippen LogP contribution in [0.25, 0.3) is 44.1 Å². The highest BCUT2D eigenvalue weighted by molar-refractivity contribution is 6.03. The molecule has 0 aliphatic carbocycles. The molecule has 11 heteroatoms. The van der Waals surface area contributed by atoms with Crippen LogP contribution in [0, 0.1) is 0 Å². The summed E-state index contributed by atoms with van der Waals surface area (Å²) in [6, 6.07) is 24.1. The Morgan fingerprint density at radius 1 is 0.582 bits per heavy atom. The van der Waals surface area contributed by atoms with E-state index >= 15 is 0 Å². The number of esters is 1. The van der Waals surface area contributed by atoms with Gasteiger partial charge in [-0.2, -0.15) is 0 Å². The van der Waals surface area contributed by atoms with Gasteiger partial charge in [-0.15, -0.1) is 0 Å². The lowest BCUT2D eigenvalue weighted by molar-refractivity contribution is -0.134. The summed E-state index contributed by atoms with van der Waals surface area (Å²) in [6.07, 6.45) is 2.95. The van der Waals surface area contributed by atoms with Crippen molar-refractivity contribution in [2.24, 2.45) is 0 Å². The fourth-order valence-electron chi connectivity index (χ4n) is 6.60. The number of allylic oxidation sites excluding steroid dienone is 1. The molecule has 0 saturated carbocycles. The largest absolute Gasteiger partial charge is 0.466 e. The third-order valence-corrected chi connectivity index (χ3v) is 8.63. The van der Waals surface area contributed by atoms with Crippen molar-refractivity contribution in [3.63, 3.8) is 0 Å². The van der Waals surface area contributed by atoms with Crippen molar-refractivity contribution in [2.45, 2.75) is 85.0 Å². The molecule has 0 radical (unpaired) electrons. The average Bonchev–Trinajstić information content (AvgIpc) is 3.78. The van der Waals surface area contributed by atoms with Gasteiger partial charge >= 0.3 is 24.2 Å². The van der Waals surface area contributed by atoms with Gasteiger partial charge in [0.1, 0.15) is 16.8 Å². The van der Waals surface area contributed by atoms with Gasteiger partial charge in [-0.1, -0.05) is 54.6 Å². The number of benzene rings is 3. The zero-order valence-electron chi connectivity index (χ0n) is 32.9. The first-order valence-corrected chi connectivity index (χ1v) is 18.1. The molecule has 0 aliphatic heterocycles. The lowest BCUT2D eigenvalue weighted by Gasteiger charge is -2.22. The van der Waals surface area contributed by atoms with E-state index in [2.05, 4.69) is 0 Å². The van der Waals surface area contributed by atoms with E-state index in [1.54, 1.807) is 80.7 Å². The molecule has 0 bridgehead atoms. The molecule has 11 nitrogen and oxygen atoms in total. The molecular formula is C44H47N3O8. The van der Waals surface area contributed by atoms with Gasteiger partial charge in [-0.05, 0) is 104 Å². The molecule has 6 aromatic rings. The molecule has 0 spiro atoms. The molecule has 1 atom stereocenters. The molecule has 0 aliphatic rings. The maximum absolute atomic E-state index is 14.3. The molecule has 286 valence electrons. The third-order valence-electron chi connectivity index (χ3n) is 8.63. The van der Waals surface area contributed by atoms with Crippen LogP contribution in [0.1, 0.15) is 79.4 Å². The van der Waals surface area contributed by atoms with Gasteiger partial charge in [0.15, 0.2) is 0 Å². The number of nitrogens with zero attached hydrogens (tertiary/aromatic N) is 3. The highest BCUT2D eigenvalue weighted by Gasteiger charge is 2.31. The topological polar surface area (TPSA) is 120 Å². The number of methoxy groups -OCH3 is 1. The number of hydrogen-bond donors (Lipinski definition) is 0. The summed E-state index contributed by atoms with van der Waals surface area (Å²) in [5.41, 5.74) is 1.49. The molecule has 0 fully saturated rings. The molecule has 0 N–H and O–H groups in total. The molecule has 0 amide bonds. The Hall–Kier alpha value is -6.10. The summed E-state index contributed by atoms with van der Waals surface area (Å²) < 4.78 is 27.0. The highest BCUT2D eigenvalue weighted by atomic mass is 16.6. The van der Waals surface area contributed by atoms with Gasteiger partial charge < -0.3 is 18.9 Å². The van der Waals surface area contributed by atoms with E-state index in [1.165, 1.54) is 26.9 Å². The van der Waals surface area contributed by atoms with E-state index in [-0.39, 0.29) is 0 Å². The molecule has 0 unspecified atom stereocenters. The maximum Gasteiger partial charge on any atom is 0.419 e. The van der Waals surface area contributed by atoms with Crippen LogP contribution in [0.3, 0.4) is 0 Å². The smallest absolute Gasteiger partial charge is 0.419 e. The van der Waals surface area contributed by atoms with E-state index in [4.69, 9.17) is 18.9 Å². The minimum absolute atomic E-state index is 0.380. The zero-order valence-corrected chi connectivity index (χ0v) is 32.9. The Morgan fingerprint density at radius 2 is 1.11 bits per heavy atom. The van der Waals surface area contributed by atoms with Crippen LogP contribution >= 0.6 is 0 Å². The number of carbonyl (C=O) groups is 4. The predicted octanol–water partition coefficient (Wildman–Crippen LogP) is 10.4. The number of hydrogen-bond acceptors (Lipinski definition) is 8. The number of ether oxygens (including phenoxy) is 4. The van der Waals surface area contributed by atoms with Gasteiger partial charge in [0.2, 0.25) is 0 Å². The second-order valence-electron chi connectivity index (χ2n) is 16.3. The Morgan fingerprint density at radius 3 is 1.73 bits per heavy atom. The van der Waals surface area contributed by atoms with Crippen LogP contribution in [-0.2, 0) is 23.7 Å². The summed E-state index contributed by atoms with van der Waals surface area (Å²) in [6.45, 7) is 16.1. The Bertz CT molecular complexity index is 2490. The molecular weight excluding hydrogens is 698 g/mol. The maximum atomic E-state index is 14.3. The van der Waals surface area contributed by atoms with E-state index in [0.717, 1.165) is 10.8 Å². The molecule has 6 rings (SSSR count). The van der Waals surface area contributed by atoms with Gasteiger partial charge in [0.25, 0.3) is 0 Å². The van der Waals surface area contributed by atoms with E-state index in [0.29, 0.717) is 44.5 Å². The lowest BCUT2D eigenvalue weighted by atomic mass is 9.88. The average molecular weight is 746 g/mol. The normalized spacial score (nSPS) is 13.1. The number of para-hydroxylation sites is 2. The Labute approximate surface area is 320 Å². The summed E-state index contributed by atoms with van der Waals surface area (Å²) in [5, 5.41) is 2.15. The first kappa shape index (κ1) is 38.6. The molecule has 3 aromatic carbocycles. The molecule has 3 heterocycles. The van der Waals surface area contributed by atoms with Gasteiger partial charge in [0, 0.05) is 34.3 Å².